The number of nitrogens with zero attached hydrogens (tertiary/aromatic N) is 3. The average molecular weight is 275 g/mol. The van der Waals surface area contributed by atoms with Crippen molar-refractivity contribution in [3.8, 4) is 0 Å². The molecule has 2 rings (SSSR count). The predicted molar refractivity (Wildman–Crippen MR) is 76.4 cm³/mol. The van der Waals surface area contributed by atoms with Crippen LogP contribution >= 0.6 is 0 Å². The van der Waals surface area contributed by atoms with Crippen LogP contribution in [0.3, 0.4) is 0 Å². The van der Waals surface area contributed by atoms with Crippen molar-refractivity contribution >= 4 is 0 Å². The summed E-state index contributed by atoms with van der Waals surface area (Å²) in [6.45, 7) is 3.25. The summed E-state index contributed by atoms with van der Waals surface area (Å²) in [4.78, 5) is 0. The fourth-order valence-electron chi connectivity index (χ4n) is 2.24. The van der Waals surface area contributed by atoms with Crippen LogP contribution in [0.1, 0.15) is 22.8 Å². The maximum Gasteiger partial charge on any atom is 0.158 e. The van der Waals surface area contributed by atoms with Crippen molar-refractivity contribution in [1.82, 2.24) is 14.8 Å². The van der Waals surface area contributed by atoms with Crippen LogP contribution in [0.15, 0.2) is 24.3 Å². The van der Waals surface area contributed by atoms with Crippen molar-refractivity contribution in [1.29, 1.82) is 0 Å². The van der Waals surface area contributed by atoms with Gasteiger partial charge in [-0.25, -0.2) is 0 Å². The fourth-order valence-corrected chi connectivity index (χ4v) is 2.24. The molecule has 0 fully saturated rings. The number of hydrogen-bond donors (Lipinski definition) is 1. The SMILES string of the molecule is COCCn1c(CO)nnc1CCc1cccc(C)c1. The third kappa shape index (κ3) is 3.65. The molecule has 1 N–H and O–H groups in total. The Hall–Kier alpha value is -1.72. The fraction of sp³-hybridized carbons (Fsp3) is 0.467. The molecule has 2 aromatic rings. The quantitative estimate of drug-likeness (QED) is 0.832. The summed E-state index contributed by atoms with van der Waals surface area (Å²) in [6, 6.07) is 8.46. The van der Waals surface area contributed by atoms with Crippen LogP contribution < -0.4 is 0 Å². The lowest BCUT2D eigenvalue weighted by atomic mass is 10.1. The van der Waals surface area contributed by atoms with E-state index in [2.05, 4.69) is 41.4 Å². The first kappa shape index (κ1) is 14.7. The Labute approximate surface area is 119 Å². The predicted octanol–water partition coefficient (Wildman–Crippen LogP) is 1.51. The minimum Gasteiger partial charge on any atom is -0.388 e. The Bertz CT molecular complexity index is 552. The minimum atomic E-state index is -0.0961. The summed E-state index contributed by atoms with van der Waals surface area (Å²) in [5.41, 5.74) is 2.55. The number of hydrogen-bond acceptors (Lipinski definition) is 4. The number of methoxy groups -OCH3 is 1. The largest absolute Gasteiger partial charge is 0.388 e. The third-order valence-electron chi connectivity index (χ3n) is 3.28. The molecule has 5 heteroatoms. The number of aromatic nitrogens is 3. The minimum absolute atomic E-state index is 0.0961. The van der Waals surface area contributed by atoms with Gasteiger partial charge in [0.05, 0.1) is 6.61 Å². The normalized spacial score (nSPS) is 10.9. The molecule has 1 aromatic heterocycles. The third-order valence-corrected chi connectivity index (χ3v) is 3.28. The maximum atomic E-state index is 9.29. The van der Waals surface area contributed by atoms with Gasteiger partial charge in [0.2, 0.25) is 0 Å². The first-order valence-electron chi connectivity index (χ1n) is 6.81. The molecule has 5 nitrogen and oxygen atoms in total. The lowest BCUT2D eigenvalue weighted by Crippen LogP contribution is -2.12. The summed E-state index contributed by atoms with van der Waals surface area (Å²) in [5.74, 6) is 1.49. The molecule has 0 aliphatic heterocycles. The Morgan fingerprint density at radius 2 is 2.00 bits per heavy atom. The molecule has 0 aliphatic carbocycles. The molecule has 0 spiro atoms. The first-order chi connectivity index (χ1) is 9.74. The number of rotatable bonds is 7. The molecule has 0 unspecified atom stereocenters. The molecule has 0 bridgehead atoms. The van der Waals surface area contributed by atoms with Crippen molar-refractivity contribution in [2.45, 2.75) is 32.9 Å². The highest BCUT2D eigenvalue weighted by Crippen LogP contribution is 2.10. The van der Waals surface area contributed by atoms with Gasteiger partial charge in [-0.2, -0.15) is 0 Å². The Kier molecular flexibility index (Phi) is 5.26. The Morgan fingerprint density at radius 3 is 2.70 bits per heavy atom. The van der Waals surface area contributed by atoms with Gasteiger partial charge in [-0.1, -0.05) is 29.8 Å². The van der Waals surface area contributed by atoms with Gasteiger partial charge in [-0.15, -0.1) is 10.2 Å². The van der Waals surface area contributed by atoms with E-state index < -0.39 is 0 Å². The topological polar surface area (TPSA) is 60.2 Å². The second-order valence-corrected chi connectivity index (χ2v) is 4.82. The van der Waals surface area contributed by atoms with Gasteiger partial charge in [-0.3, -0.25) is 0 Å². The van der Waals surface area contributed by atoms with Crippen LogP contribution in [0, 0.1) is 6.92 Å². The summed E-state index contributed by atoms with van der Waals surface area (Å²) < 4.78 is 7.03. The molecule has 1 aromatic carbocycles. The van der Waals surface area contributed by atoms with E-state index in [1.165, 1.54) is 11.1 Å². The molecular weight excluding hydrogens is 254 g/mol. The molecule has 0 atom stereocenters. The van der Waals surface area contributed by atoms with E-state index in [9.17, 15) is 5.11 Å². The van der Waals surface area contributed by atoms with Gasteiger partial charge >= 0.3 is 0 Å². The van der Waals surface area contributed by atoms with Gasteiger partial charge in [0.1, 0.15) is 12.4 Å². The maximum absolute atomic E-state index is 9.29. The average Bonchev–Trinajstić information content (AvgIpc) is 2.85. The summed E-state index contributed by atoms with van der Waals surface area (Å²) >= 11 is 0. The number of benzene rings is 1. The summed E-state index contributed by atoms with van der Waals surface area (Å²) in [6.07, 6.45) is 1.72. The number of ether oxygens (including phenoxy) is 1. The van der Waals surface area contributed by atoms with E-state index in [-0.39, 0.29) is 6.61 Å². The van der Waals surface area contributed by atoms with E-state index >= 15 is 0 Å². The Balaban J connectivity index is 2.06. The van der Waals surface area contributed by atoms with E-state index in [4.69, 9.17) is 4.74 Å². The molecule has 0 saturated heterocycles. The molecule has 108 valence electrons. The van der Waals surface area contributed by atoms with Crippen molar-refractivity contribution < 1.29 is 9.84 Å². The monoisotopic (exact) mass is 275 g/mol. The van der Waals surface area contributed by atoms with Gasteiger partial charge in [-0.05, 0) is 18.9 Å². The van der Waals surface area contributed by atoms with Gasteiger partial charge < -0.3 is 14.4 Å². The number of aliphatic hydroxyl groups excluding tert-OH is 1. The van der Waals surface area contributed by atoms with Gasteiger partial charge in [0.15, 0.2) is 5.82 Å². The van der Waals surface area contributed by atoms with Gasteiger partial charge in [0, 0.05) is 20.1 Å². The van der Waals surface area contributed by atoms with Crippen LogP contribution in [-0.2, 0) is 30.7 Å². The van der Waals surface area contributed by atoms with Crippen molar-refractivity contribution in [2.75, 3.05) is 13.7 Å². The van der Waals surface area contributed by atoms with E-state index in [1.54, 1.807) is 7.11 Å². The highest BCUT2D eigenvalue weighted by atomic mass is 16.5. The van der Waals surface area contributed by atoms with Crippen LogP contribution in [0.5, 0.6) is 0 Å². The highest BCUT2D eigenvalue weighted by molar-refractivity contribution is 5.22. The number of aryl methyl sites for hydroxylation is 3. The number of aliphatic hydroxyl groups is 1. The zero-order chi connectivity index (χ0) is 14.4. The molecule has 0 aliphatic rings. The van der Waals surface area contributed by atoms with Crippen molar-refractivity contribution in [3.63, 3.8) is 0 Å². The molecule has 0 radical (unpaired) electrons. The smallest absolute Gasteiger partial charge is 0.158 e. The molecule has 1 heterocycles. The summed E-state index contributed by atoms with van der Waals surface area (Å²) in [7, 11) is 1.66. The van der Waals surface area contributed by atoms with Crippen LogP contribution in [0.4, 0.5) is 0 Å². The molecular formula is C15H21N3O2. The van der Waals surface area contributed by atoms with E-state index in [0.29, 0.717) is 19.0 Å². The van der Waals surface area contributed by atoms with E-state index in [1.807, 2.05) is 4.57 Å². The lowest BCUT2D eigenvalue weighted by Gasteiger charge is -2.09. The standard InChI is InChI=1S/C15H21N3O2/c1-12-4-3-5-13(10-12)6-7-14-16-17-15(11-19)18(14)8-9-20-2/h3-5,10,19H,6-9,11H2,1-2H3. The van der Waals surface area contributed by atoms with Crippen LogP contribution in [0.2, 0.25) is 0 Å². The van der Waals surface area contributed by atoms with Crippen molar-refractivity contribution in [3.05, 3.63) is 47.0 Å². The summed E-state index contributed by atoms with van der Waals surface area (Å²) in [5, 5.41) is 17.5. The highest BCUT2D eigenvalue weighted by Gasteiger charge is 2.11. The lowest BCUT2D eigenvalue weighted by molar-refractivity contribution is 0.181. The molecule has 20 heavy (non-hydrogen) atoms. The van der Waals surface area contributed by atoms with E-state index in [0.717, 1.165) is 18.7 Å². The van der Waals surface area contributed by atoms with Crippen LogP contribution in [-0.4, -0.2) is 33.6 Å². The second kappa shape index (κ2) is 7.17. The van der Waals surface area contributed by atoms with Crippen molar-refractivity contribution in [2.24, 2.45) is 0 Å². The first-order valence-corrected chi connectivity index (χ1v) is 6.81. The Morgan fingerprint density at radius 1 is 1.20 bits per heavy atom. The zero-order valence-corrected chi connectivity index (χ0v) is 12.0. The van der Waals surface area contributed by atoms with Crippen LogP contribution in [0.25, 0.3) is 0 Å². The molecule has 0 amide bonds. The zero-order valence-electron chi connectivity index (χ0n) is 12.0. The molecule has 0 saturated carbocycles. The second-order valence-electron chi connectivity index (χ2n) is 4.82. The van der Waals surface area contributed by atoms with Gasteiger partial charge in [0.25, 0.3) is 0 Å².